The average Bonchev–Trinajstić information content (AvgIpc) is 2.82. The van der Waals surface area contributed by atoms with Gasteiger partial charge in [-0.2, -0.15) is 18.3 Å². The van der Waals surface area contributed by atoms with E-state index in [1.807, 2.05) is 0 Å². The quantitative estimate of drug-likeness (QED) is 0.893. The Morgan fingerprint density at radius 1 is 1.35 bits per heavy atom. The van der Waals surface area contributed by atoms with Gasteiger partial charge in [0, 0.05) is 7.05 Å². The van der Waals surface area contributed by atoms with Gasteiger partial charge in [-0.25, -0.2) is 4.79 Å². The Hall–Kier alpha value is -2.55. The van der Waals surface area contributed by atoms with Crippen molar-refractivity contribution in [3.05, 3.63) is 46.2 Å². The number of aromatic carboxylic acids is 1. The number of carbonyl (C=O) groups is 2. The number of nitrogens with one attached hydrogen (secondary N) is 1. The SMILES string of the molecule is Cn1ncc(C(=O)Nc2cc(C(F)(F)F)ccc2Cl)c1C(=O)O. The first-order valence-electron chi connectivity index (χ1n) is 6.04. The summed E-state index contributed by atoms with van der Waals surface area (Å²) in [5.74, 6) is -2.33. The molecule has 0 atom stereocenters. The molecule has 1 aromatic heterocycles. The number of carboxylic acids is 1. The molecule has 1 amide bonds. The van der Waals surface area contributed by atoms with Crippen molar-refractivity contribution >= 4 is 29.2 Å². The third-order valence-corrected chi connectivity index (χ3v) is 3.26. The number of aryl methyl sites for hydroxylation is 1. The van der Waals surface area contributed by atoms with Crippen LogP contribution in [-0.2, 0) is 13.2 Å². The molecule has 0 saturated heterocycles. The number of benzene rings is 1. The number of amides is 1. The number of alkyl halides is 3. The first-order chi connectivity index (χ1) is 10.6. The van der Waals surface area contributed by atoms with Crippen molar-refractivity contribution in [3.8, 4) is 0 Å². The first kappa shape index (κ1) is 16.8. The smallest absolute Gasteiger partial charge is 0.416 e. The highest BCUT2D eigenvalue weighted by molar-refractivity contribution is 6.34. The standard InChI is InChI=1S/C13H9ClF3N3O3/c1-20-10(12(22)23)7(5-18-20)11(21)19-9-4-6(13(15,16)17)2-3-8(9)14/h2-5H,1H3,(H,19,21)(H,22,23). The van der Waals surface area contributed by atoms with Gasteiger partial charge in [-0.05, 0) is 18.2 Å². The average molecular weight is 348 g/mol. The van der Waals surface area contributed by atoms with Crippen molar-refractivity contribution in [2.75, 3.05) is 5.32 Å². The van der Waals surface area contributed by atoms with Gasteiger partial charge in [0.15, 0.2) is 5.69 Å². The Balaban J connectivity index is 2.36. The molecule has 10 heteroatoms. The number of carboxylic acid groups (broad SMARTS) is 1. The van der Waals surface area contributed by atoms with E-state index < -0.39 is 29.3 Å². The largest absolute Gasteiger partial charge is 0.477 e. The van der Waals surface area contributed by atoms with Crippen molar-refractivity contribution in [1.29, 1.82) is 0 Å². The maximum atomic E-state index is 12.7. The van der Waals surface area contributed by atoms with E-state index in [1.165, 1.54) is 7.05 Å². The van der Waals surface area contributed by atoms with Gasteiger partial charge in [0.05, 0.1) is 28.0 Å². The van der Waals surface area contributed by atoms with Crippen molar-refractivity contribution in [2.24, 2.45) is 7.05 Å². The fraction of sp³-hybridized carbons (Fsp3) is 0.154. The van der Waals surface area contributed by atoms with E-state index in [0.29, 0.717) is 6.07 Å². The molecule has 0 spiro atoms. The summed E-state index contributed by atoms with van der Waals surface area (Å²) in [5, 5.41) is 14.7. The second-order valence-electron chi connectivity index (χ2n) is 4.48. The second-order valence-corrected chi connectivity index (χ2v) is 4.89. The lowest BCUT2D eigenvalue weighted by Gasteiger charge is -2.11. The molecular weight excluding hydrogens is 339 g/mol. The van der Waals surface area contributed by atoms with Crippen molar-refractivity contribution in [3.63, 3.8) is 0 Å². The molecule has 23 heavy (non-hydrogen) atoms. The third kappa shape index (κ3) is 3.45. The summed E-state index contributed by atoms with van der Waals surface area (Å²) >= 11 is 5.77. The summed E-state index contributed by atoms with van der Waals surface area (Å²) in [7, 11) is 1.32. The van der Waals surface area contributed by atoms with E-state index >= 15 is 0 Å². The molecule has 2 aromatic rings. The van der Waals surface area contributed by atoms with Crippen LogP contribution in [-0.4, -0.2) is 26.8 Å². The molecule has 0 saturated carbocycles. The molecule has 1 heterocycles. The van der Waals surface area contributed by atoms with Crippen LogP contribution in [0.25, 0.3) is 0 Å². The number of hydrogen-bond acceptors (Lipinski definition) is 3. The lowest BCUT2D eigenvalue weighted by molar-refractivity contribution is -0.137. The third-order valence-electron chi connectivity index (χ3n) is 2.93. The van der Waals surface area contributed by atoms with Crippen LogP contribution in [0, 0.1) is 0 Å². The number of anilines is 1. The van der Waals surface area contributed by atoms with Crippen molar-refractivity contribution < 1.29 is 27.9 Å². The van der Waals surface area contributed by atoms with E-state index in [1.54, 1.807) is 0 Å². The molecule has 0 bridgehead atoms. The van der Waals surface area contributed by atoms with Gasteiger partial charge in [0.2, 0.25) is 0 Å². The van der Waals surface area contributed by atoms with Crippen LogP contribution >= 0.6 is 11.6 Å². The normalized spacial score (nSPS) is 11.3. The summed E-state index contributed by atoms with van der Waals surface area (Å²) in [5.41, 5.74) is -1.98. The summed E-state index contributed by atoms with van der Waals surface area (Å²) in [4.78, 5) is 23.2. The van der Waals surface area contributed by atoms with Crippen LogP contribution in [0.1, 0.15) is 26.4 Å². The molecule has 0 aliphatic carbocycles. The highest BCUT2D eigenvalue weighted by Crippen LogP contribution is 2.34. The molecule has 0 unspecified atom stereocenters. The number of carbonyl (C=O) groups excluding carboxylic acids is 1. The number of aromatic nitrogens is 2. The summed E-state index contributed by atoms with van der Waals surface area (Å²) < 4.78 is 39.0. The maximum Gasteiger partial charge on any atom is 0.416 e. The Bertz CT molecular complexity index is 787. The number of rotatable bonds is 3. The lowest BCUT2D eigenvalue weighted by Crippen LogP contribution is -2.17. The van der Waals surface area contributed by atoms with Crippen LogP contribution in [0.15, 0.2) is 24.4 Å². The van der Waals surface area contributed by atoms with Gasteiger partial charge in [0.25, 0.3) is 5.91 Å². The minimum absolute atomic E-state index is 0.118. The minimum atomic E-state index is -4.61. The van der Waals surface area contributed by atoms with E-state index in [4.69, 9.17) is 16.7 Å². The fourth-order valence-corrected chi connectivity index (χ4v) is 2.01. The molecule has 6 nitrogen and oxygen atoms in total. The zero-order chi connectivity index (χ0) is 17.4. The van der Waals surface area contributed by atoms with Crippen LogP contribution in [0.3, 0.4) is 0 Å². The van der Waals surface area contributed by atoms with Gasteiger partial charge in [0.1, 0.15) is 0 Å². The summed E-state index contributed by atoms with van der Waals surface area (Å²) in [6, 6.07) is 2.42. The monoisotopic (exact) mass is 347 g/mol. The van der Waals surface area contributed by atoms with Crippen molar-refractivity contribution in [1.82, 2.24) is 9.78 Å². The van der Waals surface area contributed by atoms with Gasteiger partial charge >= 0.3 is 12.1 Å². The predicted octanol–water partition coefficient (Wildman–Crippen LogP) is 3.04. The molecule has 2 N–H and O–H groups in total. The minimum Gasteiger partial charge on any atom is -0.477 e. The van der Waals surface area contributed by atoms with Gasteiger partial charge < -0.3 is 10.4 Å². The summed E-state index contributed by atoms with van der Waals surface area (Å²) in [6.07, 6.45) is -3.61. The maximum absolute atomic E-state index is 12.7. The molecule has 0 fully saturated rings. The van der Waals surface area contributed by atoms with Crippen LogP contribution in [0.4, 0.5) is 18.9 Å². The number of hydrogen-bond donors (Lipinski definition) is 2. The second kappa shape index (κ2) is 5.92. The van der Waals surface area contributed by atoms with E-state index in [2.05, 4.69) is 10.4 Å². The van der Waals surface area contributed by atoms with Gasteiger partial charge in [-0.1, -0.05) is 11.6 Å². The Morgan fingerprint density at radius 2 is 2.00 bits per heavy atom. The zero-order valence-corrected chi connectivity index (χ0v) is 12.2. The molecule has 122 valence electrons. The molecule has 2 rings (SSSR count). The van der Waals surface area contributed by atoms with Crippen LogP contribution < -0.4 is 5.32 Å². The zero-order valence-electron chi connectivity index (χ0n) is 11.5. The van der Waals surface area contributed by atoms with Crippen molar-refractivity contribution in [2.45, 2.75) is 6.18 Å². The Kier molecular flexibility index (Phi) is 4.33. The predicted molar refractivity (Wildman–Crippen MR) is 74.6 cm³/mol. The molecule has 1 aromatic carbocycles. The fourth-order valence-electron chi connectivity index (χ4n) is 1.84. The lowest BCUT2D eigenvalue weighted by atomic mass is 10.1. The van der Waals surface area contributed by atoms with E-state index in [9.17, 15) is 22.8 Å². The van der Waals surface area contributed by atoms with Crippen LogP contribution in [0.5, 0.6) is 0 Å². The van der Waals surface area contributed by atoms with E-state index in [-0.39, 0.29) is 16.3 Å². The molecule has 0 aliphatic rings. The van der Waals surface area contributed by atoms with Gasteiger partial charge in [-0.3, -0.25) is 9.48 Å². The Labute approximate surface area is 132 Å². The van der Waals surface area contributed by atoms with Crippen LogP contribution in [0.2, 0.25) is 5.02 Å². The van der Waals surface area contributed by atoms with E-state index in [0.717, 1.165) is 23.0 Å². The molecule has 0 radical (unpaired) electrons. The molecule has 0 aliphatic heterocycles. The molecular formula is C13H9ClF3N3O3. The highest BCUT2D eigenvalue weighted by Gasteiger charge is 2.31. The van der Waals surface area contributed by atoms with Gasteiger partial charge in [-0.15, -0.1) is 0 Å². The first-order valence-corrected chi connectivity index (χ1v) is 6.42. The number of nitrogens with zero attached hydrogens (tertiary/aromatic N) is 2. The summed E-state index contributed by atoms with van der Waals surface area (Å²) in [6.45, 7) is 0. The number of halogens is 4. The topological polar surface area (TPSA) is 84.2 Å². The Morgan fingerprint density at radius 3 is 2.57 bits per heavy atom. The highest BCUT2D eigenvalue weighted by atomic mass is 35.5.